The van der Waals surface area contributed by atoms with Crippen molar-refractivity contribution >= 4 is 34.8 Å². The first-order valence-electron chi connectivity index (χ1n) is 9.55. The van der Waals surface area contributed by atoms with Gasteiger partial charge in [0.05, 0.1) is 11.7 Å². The Kier molecular flexibility index (Phi) is 6.09. The molecule has 6 nitrogen and oxygen atoms in total. The monoisotopic (exact) mass is 444 g/mol. The van der Waals surface area contributed by atoms with E-state index in [1.54, 1.807) is 12.1 Å². The Balaban J connectivity index is 1.55. The molecule has 155 valence electrons. The van der Waals surface area contributed by atoms with Crippen LogP contribution in [-0.2, 0) is 6.42 Å². The van der Waals surface area contributed by atoms with Crippen molar-refractivity contribution in [1.82, 2.24) is 9.97 Å². The highest BCUT2D eigenvalue weighted by Gasteiger charge is 2.31. The van der Waals surface area contributed by atoms with Crippen molar-refractivity contribution in [3.8, 4) is 0 Å². The molecular weight excluding hydrogens is 425 g/mol. The average molecular weight is 445 g/mol. The molecule has 1 radical (unpaired) electrons. The summed E-state index contributed by atoms with van der Waals surface area (Å²) in [5.41, 5.74) is 1.92. The number of nitrogens with one attached hydrogen (secondary N) is 1. The zero-order valence-corrected chi connectivity index (χ0v) is 17.5. The Morgan fingerprint density at radius 1 is 1.30 bits per heavy atom. The predicted molar refractivity (Wildman–Crippen MR) is 115 cm³/mol. The van der Waals surface area contributed by atoms with Gasteiger partial charge >= 0.3 is 0 Å². The molecule has 4 rings (SSSR count). The lowest BCUT2D eigenvalue weighted by Crippen LogP contribution is -2.20. The van der Waals surface area contributed by atoms with E-state index >= 15 is 0 Å². The molecule has 1 aliphatic carbocycles. The topological polar surface area (TPSA) is 88.3 Å². The minimum atomic E-state index is -0.471. The summed E-state index contributed by atoms with van der Waals surface area (Å²) in [5.74, 6) is 0.0741. The molecule has 2 N–H and O–H groups in total. The van der Waals surface area contributed by atoms with E-state index in [1.807, 2.05) is 18.2 Å². The van der Waals surface area contributed by atoms with Gasteiger partial charge in [-0.1, -0.05) is 23.7 Å². The Labute approximate surface area is 184 Å². The summed E-state index contributed by atoms with van der Waals surface area (Å²) in [4.78, 5) is 21.3. The van der Waals surface area contributed by atoms with Crippen LogP contribution < -0.4 is 5.32 Å². The summed E-state index contributed by atoms with van der Waals surface area (Å²) in [6, 6.07) is 9.02. The van der Waals surface area contributed by atoms with Crippen molar-refractivity contribution in [2.75, 3.05) is 5.32 Å². The van der Waals surface area contributed by atoms with Gasteiger partial charge in [0.1, 0.15) is 12.1 Å². The maximum Gasteiger partial charge on any atom is 0.233 e. The lowest BCUT2D eigenvalue weighted by Gasteiger charge is -2.14. The first-order valence-corrected chi connectivity index (χ1v) is 10.3. The minimum absolute atomic E-state index is 0.0254. The number of anilines is 1. The number of furan rings is 1. The second-order valence-corrected chi connectivity index (χ2v) is 8.25. The Morgan fingerprint density at radius 3 is 2.87 bits per heavy atom. The molecule has 2 aromatic heterocycles. The minimum Gasteiger partial charge on any atom is -0.441 e. The van der Waals surface area contributed by atoms with E-state index in [2.05, 4.69) is 22.2 Å². The van der Waals surface area contributed by atoms with Crippen molar-refractivity contribution in [2.45, 2.75) is 31.4 Å². The van der Waals surface area contributed by atoms with Crippen LogP contribution in [0.3, 0.4) is 0 Å². The summed E-state index contributed by atoms with van der Waals surface area (Å²) < 4.78 is 5.54. The highest BCUT2D eigenvalue weighted by molar-refractivity contribution is 6.30. The van der Waals surface area contributed by atoms with Gasteiger partial charge in [0.25, 0.3) is 0 Å². The smallest absolute Gasteiger partial charge is 0.233 e. The second kappa shape index (κ2) is 8.76. The molecule has 2 heterocycles. The summed E-state index contributed by atoms with van der Waals surface area (Å²) in [6.07, 6.45) is 4.06. The first-order chi connectivity index (χ1) is 14.4. The Bertz CT molecular complexity index is 1060. The third kappa shape index (κ3) is 4.51. The number of aromatic nitrogens is 2. The van der Waals surface area contributed by atoms with Crippen LogP contribution in [-0.4, -0.2) is 33.0 Å². The molecule has 3 aromatic rings. The van der Waals surface area contributed by atoms with Crippen molar-refractivity contribution in [1.29, 1.82) is 0 Å². The normalized spacial score (nSPS) is 21.0. The number of hydrogen-bond donors (Lipinski definition) is 2. The molecule has 3 atom stereocenters. The van der Waals surface area contributed by atoms with Crippen molar-refractivity contribution in [2.24, 2.45) is 5.92 Å². The quantitative estimate of drug-likeness (QED) is 0.540. The van der Waals surface area contributed by atoms with E-state index in [0.717, 1.165) is 5.56 Å². The summed E-state index contributed by atoms with van der Waals surface area (Å²) in [5, 5.41) is 13.9. The third-order valence-corrected chi connectivity index (χ3v) is 5.77. The molecular formula is C22H20Cl2N3O3. The molecule has 0 aliphatic heterocycles. The highest BCUT2D eigenvalue weighted by Crippen LogP contribution is 2.30. The fourth-order valence-electron chi connectivity index (χ4n) is 3.66. The van der Waals surface area contributed by atoms with E-state index in [4.69, 9.17) is 27.6 Å². The lowest BCUT2D eigenvalue weighted by atomic mass is 10.1. The fraction of sp³-hybridized carbons (Fsp3) is 0.273. The van der Waals surface area contributed by atoms with Crippen LogP contribution in [0.2, 0.25) is 10.2 Å². The maximum atomic E-state index is 13.1. The van der Waals surface area contributed by atoms with Gasteiger partial charge in [-0.15, -0.1) is 0 Å². The van der Waals surface area contributed by atoms with Crippen molar-refractivity contribution < 1.29 is 14.3 Å². The molecule has 1 saturated carbocycles. The molecule has 8 heteroatoms. The number of aliphatic hydroxyl groups excluding tert-OH is 1. The van der Waals surface area contributed by atoms with Crippen molar-refractivity contribution in [3.05, 3.63) is 82.5 Å². The summed E-state index contributed by atoms with van der Waals surface area (Å²) >= 11 is 12.3. The largest absolute Gasteiger partial charge is 0.441 e. The van der Waals surface area contributed by atoms with E-state index < -0.39 is 6.10 Å². The highest BCUT2D eigenvalue weighted by atomic mass is 35.5. The number of hydrogen-bond acceptors (Lipinski definition) is 6. The number of aliphatic hydroxyl groups is 1. The SMILES string of the molecule is [CH2][C@@H]1C[C@@H](Nc2ncncc2C(=O)c2cc(Cc3cccc(Cl)c3)c(Cl)o2)C[C@@H]1O. The van der Waals surface area contributed by atoms with Gasteiger partial charge in [0.15, 0.2) is 11.0 Å². The molecule has 0 spiro atoms. The lowest BCUT2D eigenvalue weighted by molar-refractivity contribution is 0.101. The van der Waals surface area contributed by atoms with Crippen LogP contribution in [0.25, 0.3) is 0 Å². The van der Waals surface area contributed by atoms with Crippen LogP contribution in [0.4, 0.5) is 5.82 Å². The first kappa shape index (κ1) is 20.8. The van der Waals surface area contributed by atoms with Crippen LogP contribution >= 0.6 is 23.2 Å². The number of rotatable bonds is 6. The molecule has 1 aliphatic rings. The van der Waals surface area contributed by atoms with Crippen LogP contribution in [0.1, 0.15) is 40.1 Å². The van der Waals surface area contributed by atoms with Gasteiger partial charge in [-0.3, -0.25) is 4.79 Å². The predicted octanol–water partition coefficient (Wildman–Crippen LogP) is 4.58. The number of ketones is 1. The molecule has 0 saturated heterocycles. The zero-order valence-electron chi connectivity index (χ0n) is 16.0. The number of halogens is 2. The third-order valence-electron chi connectivity index (χ3n) is 5.22. The summed E-state index contributed by atoms with van der Waals surface area (Å²) in [6.45, 7) is 3.94. The molecule has 30 heavy (non-hydrogen) atoms. The van der Waals surface area contributed by atoms with E-state index in [-0.39, 0.29) is 34.3 Å². The van der Waals surface area contributed by atoms with Gasteiger partial charge in [0.2, 0.25) is 5.78 Å². The van der Waals surface area contributed by atoms with Crippen LogP contribution in [0.5, 0.6) is 0 Å². The Morgan fingerprint density at radius 2 is 2.13 bits per heavy atom. The Hall–Kier alpha value is -2.41. The van der Waals surface area contributed by atoms with Gasteiger partial charge in [-0.05, 0) is 61.0 Å². The fourth-order valence-corrected chi connectivity index (χ4v) is 4.08. The molecule has 1 fully saturated rings. The van der Waals surface area contributed by atoms with E-state index in [0.29, 0.717) is 35.7 Å². The van der Waals surface area contributed by atoms with E-state index in [9.17, 15) is 9.90 Å². The van der Waals surface area contributed by atoms with Crippen molar-refractivity contribution in [3.63, 3.8) is 0 Å². The maximum absolute atomic E-state index is 13.1. The molecule has 0 amide bonds. The van der Waals surface area contributed by atoms with Crippen LogP contribution in [0, 0.1) is 12.8 Å². The molecule has 0 unspecified atom stereocenters. The summed E-state index contributed by atoms with van der Waals surface area (Å²) in [7, 11) is 0. The van der Waals surface area contributed by atoms with Gasteiger partial charge in [0, 0.05) is 29.2 Å². The van der Waals surface area contributed by atoms with Crippen LogP contribution in [0.15, 0.2) is 47.3 Å². The van der Waals surface area contributed by atoms with E-state index in [1.165, 1.54) is 12.5 Å². The number of carbonyl (C=O) groups excluding carboxylic acids is 1. The number of benzene rings is 1. The van der Waals surface area contributed by atoms with Gasteiger partial charge in [-0.25, -0.2) is 9.97 Å². The zero-order chi connectivity index (χ0) is 21.3. The number of nitrogens with zero attached hydrogens (tertiary/aromatic N) is 2. The van der Waals surface area contributed by atoms with Gasteiger partial charge < -0.3 is 14.8 Å². The number of carbonyl (C=O) groups is 1. The second-order valence-electron chi connectivity index (χ2n) is 7.47. The average Bonchev–Trinajstić information content (AvgIpc) is 3.23. The standard InChI is InChI=1S/C22H20Cl2N3O3/c1-12-5-16(9-18(12)28)27-22-17(10-25-11-26-22)20(29)19-8-14(21(24)30-19)6-13-3-2-4-15(23)7-13/h2-4,7-8,10-12,16,18,28H,1,5-6,9H2,(H,25,26,27)/t12-,16-,18+/m1/s1. The molecule has 0 bridgehead atoms. The van der Waals surface area contributed by atoms with Gasteiger partial charge in [-0.2, -0.15) is 0 Å². The molecule has 1 aromatic carbocycles.